The Kier molecular flexibility index (Phi) is 4.96. The number of hydrogen-bond donors (Lipinski definition) is 1. The van der Waals surface area contributed by atoms with Gasteiger partial charge in [0.1, 0.15) is 5.75 Å². The number of anilines is 1. The number of benzene rings is 1. The molecule has 1 heterocycles. The molecule has 1 aromatic rings. The molecule has 1 aliphatic carbocycles. The number of amides is 2. The van der Waals surface area contributed by atoms with E-state index in [1.807, 2.05) is 6.92 Å². The Labute approximate surface area is 137 Å². The van der Waals surface area contributed by atoms with Gasteiger partial charge in [-0.15, -0.1) is 0 Å². The number of carbonyl (C=O) groups excluding carboxylic acids is 2. The number of ether oxygens (including phenoxy) is 1. The number of hydrogen-bond acceptors (Lipinski definition) is 4. The molecule has 2 amide bonds. The zero-order chi connectivity index (χ0) is 16.2. The number of nitrogens with one attached hydrogen (secondary N) is 1. The summed E-state index contributed by atoms with van der Waals surface area (Å²) in [5.74, 6) is 0.476. The quantitative estimate of drug-likeness (QED) is 0.849. The van der Waals surface area contributed by atoms with E-state index in [-0.39, 0.29) is 24.3 Å². The van der Waals surface area contributed by atoms with Crippen LogP contribution in [0.2, 0.25) is 0 Å². The third-order valence-corrected chi connectivity index (χ3v) is 4.59. The van der Waals surface area contributed by atoms with E-state index in [1.54, 1.807) is 24.3 Å². The molecule has 1 aliphatic heterocycles. The van der Waals surface area contributed by atoms with Gasteiger partial charge in [0, 0.05) is 6.04 Å². The van der Waals surface area contributed by atoms with Crippen LogP contribution in [0, 0.1) is 0 Å². The highest BCUT2D eigenvalue weighted by atomic mass is 16.5. The van der Waals surface area contributed by atoms with Crippen molar-refractivity contribution in [3.05, 3.63) is 24.3 Å². The van der Waals surface area contributed by atoms with E-state index in [0.29, 0.717) is 18.3 Å². The second kappa shape index (κ2) is 7.13. The van der Waals surface area contributed by atoms with Gasteiger partial charge < -0.3 is 10.1 Å². The minimum Gasteiger partial charge on any atom is -0.494 e. The highest BCUT2D eigenvalue weighted by Crippen LogP contribution is 2.26. The summed E-state index contributed by atoms with van der Waals surface area (Å²) >= 11 is 0. The molecule has 1 saturated carbocycles. The number of rotatable bonds is 5. The minimum absolute atomic E-state index is 0.132. The summed E-state index contributed by atoms with van der Waals surface area (Å²) in [7, 11) is 0. The second-order valence-corrected chi connectivity index (χ2v) is 6.25. The highest BCUT2D eigenvalue weighted by molar-refractivity contribution is 6.22. The van der Waals surface area contributed by atoms with Crippen molar-refractivity contribution < 1.29 is 14.3 Å². The van der Waals surface area contributed by atoms with Gasteiger partial charge in [-0.25, -0.2) is 4.90 Å². The minimum atomic E-state index is -0.378. The highest BCUT2D eigenvalue weighted by Gasteiger charge is 2.40. The van der Waals surface area contributed by atoms with Gasteiger partial charge in [0.25, 0.3) is 5.91 Å². The van der Waals surface area contributed by atoms with Gasteiger partial charge >= 0.3 is 0 Å². The van der Waals surface area contributed by atoms with Crippen LogP contribution in [0.1, 0.15) is 45.4 Å². The molecule has 2 fully saturated rings. The Morgan fingerprint density at radius 2 is 1.83 bits per heavy atom. The van der Waals surface area contributed by atoms with Crippen LogP contribution in [-0.2, 0) is 9.59 Å². The zero-order valence-electron chi connectivity index (χ0n) is 13.6. The van der Waals surface area contributed by atoms with Crippen LogP contribution in [0.15, 0.2) is 24.3 Å². The Morgan fingerprint density at radius 3 is 2.48 bits per heavy atom. The lowest BCUT2D eigenvalue weighted by atomic mass is 9.95. The zero-order valence-corrected chi connectivity index (χ0v) is 13.6. The molecular formula is C18H24N2O3. The Morgan fingerprint density at radius 1 is 1.13 bits per heavy atom. The van der Waals surface area contributed by atoms with Crippen molar-refractivity contribution in [1.82, 2.24) is 5.32 Å². The third-order valence-electron chi connectivity index (χ3n) is 4.59. The molecule has 1 saturated heterocycles. The van der Waals surface area contributed by atoms with E-state index in [4.69, 9.17) is 4.74 Å². The van der Waals surface area contributed by atoms with E-state index in [1.165, 1.54) is 24.2 Å². The Balaban J connectivity index is 1.68. The maximum Gasteiger partial charge on any atom is 0.251 e. The first-order chi connectivity index (χ1) is 11.2. The summed E-state index contributed by atoms with van der Waals surface area (Å²) < 4.78 is 5.40. The van der Waals surface area contributed by atoms with Crippen LogP contribution >= 0.6 is 0 Å². The van der Waals surface area contributed by atoms with Crippen LogP contribution in [0.25, 0.3) is 0 Å². The molecule has 1 atom stereocenters. The van der Waals surface area contributed by atoms with Gasteiger partial charge in [-0.1, -0.05) is 19.3 Å². The van der Waals surface area contributed by atoms with Gasteiger partial charge in [-0.3, -0.25) is 9.59 Å². The Bertz CT molecular complexity index is 564. The van der Waals surface area contributed by atoms with Crippen molar-refractivity contribution in [1.29, 1.82) is 0 Å². The first kappa shape index (κ1) is 16.0. The number of imide groups is 1. The lowest BCUT2D eigenvalue weighted by Gasteiger charge is -2.25. The summed E-state index contributed by atoms with van der Waals surface area (Å²) in [5, 5.41) is 3.39. The van der Waals surface area contributed by atoms with Crippen LogP contribution in [0.5, 0.6) is 5.75 Å². The fourth-order valence-corrected chi connectivity index (χ4v) is 3.45. The molecule has 23 heavy (non-hydrogen) atoms. The van der Waals surface area contributed by atoms with Crippen LogP contribution < -0.4 is 15.0 Å². The van der Waals surface area contributed by atoms with Crippen LogP contribution in [0.4, 0.5) is 5.69 Å². The molecule has 0 unspecified atom stereocenters. The molecule has 0 radical (unpaired) electrons. The second-order valence-electron chi connectivity index (χ2n) is 6.25. The number of nitrogens with zero attached hydrogens (tertiary/aromatic N) is 1. The van der Waals surface area contributed by atoms with Crippen molar-refractivity contribution >= 4 is 17.5 Å². The molecule has 1 aromatic carbocycles. The van der Waals surface area contributed by atoms with Crippen LogP contribution in [0.3, 0.4) is 0 Å². The monoisotopic (exact) mass is 316 g/mol. The molecule has 2 aliphatic rings. The molecular weight excluding hydrogens is 292 g/mol. The van der Waals surface area contributed by atoms with Crippen molar-refractivity contribution in [3.63, 3.8) is 0 Å². The van der Waals surface area contributed by atoms with Gasteiger partial charge in [0.15, 0.2) is 0 Å². The fourth-order valence-electron chi connectivity index (χ4n) is 3.45. The first-order valence-electron chi connectivity index (χ1n) is 8.54. The smallest absolute Gasteiger partial charge is 0.251 e. The maximum absolute atomic E-state index is 12.6. The van der Waals surface area contributed by atoms with E-state index in [0.717, 1.165) is 18.6 Å². The van der Waals surface area contributed by atoms with Gasteiger partial charge in [0.05, 0.1) is 24.8 Å². The van der Waals surface area contributed by atoms with Gasteiger partial charge in [-0.2, -0.15) is 0 Å². The third kappa shape index (κ3) is 3.55. The van der Waals surface area contributed by atoms with E-state index in [2.05, 4.69) is 5.32 Å². The molecule has 5 nitrogen and oxygen atoms in total. The maximum atomic E-state index is 12.6. The summed E-state index contributed by atoms with van der Waals surface area (Å²) in [6, 6.07) is 7.11. The summed E-state index contributed by atoms with van der Waals surface area (Å²) in [6.45, 7) is 2.51. The molecule has 5 heteroatoms. The lowest BCUT2D eigenvalue weighted by molar-refractivity contribution is -0.121. The molecule has 0 spiro atoms. The largest absolute Gasteiger partial charge is 0.494 e. The van der Waals surface area contributed by atoms with Gasteiger partial charge in [-0.05, 0) is 44.0 Å². The average Bonchev–Trinajstić information content (AvgIpc) is 2.84. The predicted molar refractivity (Wildman–Crippen MR) is 88.5 cm³/mol. The summed E-state index contributed by atoms with van der Waals surface area (Å²) in [5.41, 5.74) is 0.622. The molecule has 3 rings (SSSR count). The molecule has 124 valence electrons. The fraction of sp³-hybridized carbons (Fsp3) is 0.556. The topological polar surface area (TPSA) is 58.6 Å². The predicted octanol–water partition coefficient (Wildman–Crippen LogP) is 2.64. The molecule has 0 bridgehead atoms. The molecule has 1 N–H and O–H groups in total. The van der Waals surface area contributed by atoms with Crippen molar-refractivity contribution in [2.45, 2.75) is 57.5 Å². The standard InChI is InChI=1S/C18H24N2O3/c1-2-23-15-10-8-14(9-11-15)20-17(21)12-16(18(20)22)19-13-6-4-3-5-7-13/h8-11,13,16,19H,2-7,12H2,1H3/t16-/m0/s1. The number of carbonyl (C=O) groups is 2. The van der Waals surface area contributed by atoms with Crippen molar-refractivity contribution in [2.75, 3.05) is 11.5 Å². The van der Waals surface area contributed by atoms with E-state index >= 15 is 0 Å². The van der Waals surface area contributed by atoms with Crippen molar-refractivity contribution in [3.8, 4) is 5.75 Å². The molecule has 0 aromatic heterocycles. The average molecular weight is 316 g/mol. The van der Waals surface area contributed by atoms with Gasteiger partial charge in [0.2, 0.25) is 5.91 Å². The van der Waals surface area contributed by atoms with Crippen molar-refractivity contribution in [2.24, 2.45) is 0 Å². The Hall–Kier alpha value is -1.88. The van der Waals surface area contributed by atoms with E-state index < -0.39 is 0 Å². The van der Waals surface area contributed by atoms with E-state index in [9.17, 15) is 9.59 Å². The first-order valence-corrected chi connectivity index (χ1v) is 8.54. The SMILES string of the molecule is CCOc1ccc(N2C(=O)C[C@H](NC3CCCCC3)C2=O)cc1. The lowest BCUT2D eigenvalue weighted by Crippen LogP contribution is -2.44. The summed E-state index contributed by atoms with van der Waals surface area (Å²) in [6.07, 6.45) is 6.13. The summed E-state index contributed by atoms with van der Waals surface area (Å²) in [4.78, 5) is 26.2. The normalized spacial score (nSPS) is 22.7. The van der Waals surface area contributed by atoms with Crippen LogP contribution in [-0.4, -0.2) is 30.5 Å².